The molecule has 9 heteroatoms. The molecule has 8 nitrogen and oxygen atoms in total. The Bertz CT molecular complexity index is 706. The minimum atomic E-state index is -0.306. The van der Waals surface area contributed by atoms with Crippen LogP contribution in [-0.2, 0) is 11.2 Å². The van der Waals surface area contributed by atoms with Crippen molar-refractivity contribution in [3.8, 4) is 10.8 Å². The third-order valence-electron chi connectivity index (χ3n) is 2.75. The van der Waals surface area contributed by atoms with Gasteiger partial charge in [-0.3, -0.25) is 4.79 Å². The third kappa shape index (κ3) is 3.14. The molecule has 2 N–H and O–H groups in total. The van der Waals surface area contributed by atoms with Crippen LogP contribution in [0.1, 0.15) is 24.5 Å². The molecule has 0 spiro atoms. The van der Waals surface area contributed by atoms with Crippen LogP contribution < -0.4 is 5.32 Å². The molecule has 0 saturated heterocycles. The minimum Gasteiger partial charge on any atom is -0.462 e. The van der Waals surface area contributed by atoms with E-state index in [1.54, 1.807) is 19.3 Å². The van der Waals surface area contributed by atoms with E-state index < -0.39 is 0 Å². The summed E-state index contributed by atoms with van der Waals surface area (Å²) in [5, 5.41) is 18.9. The molecular formula is C12H12N6O2S. The molecule has 0 saturated carbocycles. The van der Waals surface area contributed by atoms with Gasteiger partial charge in [0.2, 0.25) is 5.91 Å². The van der Waals surface area contributed by atoms with Crippen LogP contribution in [0.15, 0.2) is 28.2 Å². The molecule has 3 heterocycles. The van der Waals surface area contributed by atoms with Gasteiger partial charge in [0.15, 0.2) is 16.6 Å². The summed E-state index contributed by atoms with van der Waals surface area (Å²) in [5.74, 6) is 0.994. The Morgan fingerprint density at radius 2 is 2.48 bits per heavy atom. The highest BCUT2D eigenvalue weighted by molar-refractivity contribution is 7.13. The average Bonchev–Trinajstić information content (AvgIpc) is 3.21. The van der Waals surface area contributed by atoms with Crippen molar-refractivity contribution in [1.29, 1.82) is 0 Å². The van der Waals surface area contributed by atoms with Crippen LogP contribution in [0, 0.1) is 0 Å². The molecule has 3 aromatic heterocycles. The fraction of sp³-hybridized carbons (Fsp3) is 0.250. The van der Waals surface area contributed by atoms with E-state index in [4.69, 9.17) is 4.42 Å². The molecule has 1 unspecified atom stereocenters. The van der Waals surface area contributed by atoms with Crippen molar-refractivity contribution in [2.45, 2.75) is 19.4 Å². The van der Waals surface area contributed by atoms with E-state index in [0.717, 1.165) is 5.01 Å². The van der Waals surface area contributed by atoms with Crippen molar-refractivity contribution >= 4 is 17.2 Å². The van der Waals surface area contributed by atoms with Gasteiger partial charge in [-0.05, 0) is 19.1 Å². The van der Waals surface area contributed by atoms with E-state index in [1.807, 2.05) is 11.4 Å². The molecule has 0 bridgehead atoms. The first-order chi connectivity index (χ1) is 10.2. The number of carbonyl (C=O) groups excluding carboxylic acids is 1. The maximum Gasteiger partial charge on any atom is 0.226 e. The van der Waals surface area contributed by atoms with Crippen LogP contribution in [-0.4, -0.2) is 31.5 Å². The molecule has 3 rings (SSSR count). The van der Waals surface area contributed by atoms with Gasteiger partial charge in [0.25, 0.3) is 0 Å². The molecule has 0 aliphatic carbocycles. The van der Waals surface area contributed by atoms with E-state index in [9.17, 15) is 4.79 Å². The van der Waals surface area contributed by atoms with Gasteiger partial charge in [0.1, 0.15) is 0 Å². The van der Waals surface area contributed by atoms with Gasteiger partial charge in [-0.2, -0.15) is 5.21 Å². The van der Waals surface area contributed by atoms with Gasteiger partial charge < -0.3 is 9.73 Å². The summed E-state index contributed by atoms with van der Waals surface area (Å²) >= 11 is 1.44. The Balaban J connectivity index is 1.60. The van der Waals surface area contributed by atoms with Gasteiger partial charge in [-0.25, -0.2) is 4.98 Å². The maximum atomic E-state index is 12.0. The van der Waals surface area contributed by atoms with E-state index in [2.05, 4.69) is 30.9 Å². The van der Waals surface area contributed by atoms with Crippen LogP contribution in [0.3, 0.4) is 0 Å². The third-order valence-corrected chi connectivity index (χ3v) is 3.66. The average molecular weight is 304 g/mol. The van der Waals surface area contributed by atoms with Crippen molar-refractivity contribution in [1.82, 2.24) is 30.9 Å². The molecule has 21 heavy (non-hydrogen) atoms. The number of H-pyrrole nitrogens is 1. The first-order valence-electron chi connectivity index (χ1n) is 6.23. The molecule has 0 aliphatic heterocycles. The first-order valence-corrected chi connectivity index (χ1v) is 7.11. The Hall–Kier alpha value is -2.55. The standard InChI is InChI=1S/C12H12N6O2S/c1-7(11-15-17-18-16-11)13-10(19)5-8-6-21-12(14-8)9-3-2-4-20-9/h2-4,6-7H,5H2,1H3,(H,13,19)(H,15,16,17,18). The molecule has 0 radical (unpaired) electrons. The van der Waals surface area contributed by atoms with Crippen molar-refractivity contribution < 1.29 is 9.21 Å². The summed E-state index contributed by atoms with van der Waals surface area (Å²) < 4.78 is 5.27. The summed E-state index contributed by atoms with van der Waals surface area (Å²) in [5.41, 5.74) is 0.698. The van der Waals surface area contributed by atoms with Gasteiger partial charge in [0.05, 0.1) is 24.4 Å². The summed E-state index contributed by atoms with van der Waals surface area (Å²) in [6.45, 7) is 1.79. The van der Waals surface area contributed by atoms with Crippen LogP contribution >= 0.6 is 11.3 Å². The molecule has 0 fully saturated rings. The highest BCUT2D eigenvalue weighted by atomic mass is 32.1. The smallest absolute Gasteiger partial charge is 0.226 e. The van der Waals surface area contributed by atoms with Crippen molar-refractivity contribution in [2.75, 3.05) is 0 Å². The zero-order chi connectivity index (χ0) is 14.7. The van der Waals surface area contributed by atoms with Gasteiger partial charge in [0, 0.05) is 5.38 Å². The number of rotatable bonds is 5. The predicted octanol–water partition coefficient (Wildman–Crippen LogP) is 1.34. The van der Waals surface area contributed by atoms with Crippen LogP contribution in [0.2, 0.25) is 0 Å². The number of amides is 1. The summed E-state index contributed by atoms with van der Waals surface area (Å²) in [7, 11) is 0. The van der Waals surface area contributed by atoms with Crippen molar-refractivity contribution in [3.63, 3.8) is 0 Å². The van der Waals surface area contributed by atoms with E-state index >= 15 is 0 Å². The second kappa shape index (κ2) is 5.83. The molecule has 108 valence electrons. The predicted molar refractivity (Wildman–Crippen MR) is 74.3 cm³/mol. The number of carbonyl (C=O) groups is 1. The summed E-state index contributed by atoms with van der Waals surface area (Å²) in [6.07, 6.45) is 1.79. The van der Waals surface area contributed by atoms with Crippen LogP contribution in [0.5, 0.6) is 0 Å². The molecule has 0 aromatic carbocycles. The van der Waals surface area contributed by atoms with Gasteiger partial charge in [-0.15, -0.1) is 21.5 Å². The number of aromatic nitrogens is 5. The number of furan rings is 1. The second-order valence-corrected chi connectivity index (χ2v) is 5.22. The zero-order valence-electron chi connectivity index (χ0n) is 11.1. The lowest BCUT2D eigenvalue weighted by Gasteiger charge is -2.08. The first kappa shape index (κ1) is 13.4. The number of hydrogen-bond acceptors (Lipinski definition) is 7. The van der Waals surface area contributed by atoms with E-state index in [1.165, 1.54) is 11.3 Å². The topological polar surface area (TPSA) is 110 Å². The fourth-order valence-corrected chi connectivity index (χ4v) is 2.56. The molecule has 3 aromatic rings. The lowest BCUT2D eigenvalue weighted by Crippen LogP contribution is -2.28. The Labute approximate surface area is 123 Å². The quantitative estimate of drug-likeness (QED) is 0.736. The summed E-state index contributed by atoms with van der Waals surface area (Å²) in [4.78, 5) is 16.3. The van der Waals surface area contributed by atoms with Crippen molar-refractivity contribution in [2.24, 2.45) is 0 Å². The molecule has 1 atom stereocenters. The second-order valence-electron chi connectivity index (χ2n) is 4.36. The normalized spacial score (nSPS) is 12.2. The van der Waals surface area contributed by atoms with Crippen molar-refractivity contribution in [3.05, 3.63) is 35.3 Å². The largest absolute Gasteiger partial charge is 0.462 e. The number of thiazole rings is 1. The van der Waals surface area contributed by atoms with Crippen LogP contribution in [0.25, 0.3) is 10.8 Å². The van der Waals surface area contributed by atoms with Gasteiger partial charge in [-0.1, -0.05) is 5.21 Å². The Morgan fingerprint density at radius 3 is 3.19 bits per heavy atom. The lowest BCUT2D eigenvalue weighted by atomic mass is 10.2. The highest BCUT2D eigenvalue weighted by Crippen LogP contribution is 2.24. The number of aromatic amines is 1. The highest BCUT2D eigenvalue weighted by Gasteiger charge is 2.15. The van der Waals surface area contributed by atoms with Gasteiger partial charge >= 0.3 is 0 Å². The SMILES string of the molecule is CC(NC(=O)Cc1csc(-c2ccco2)n1)c1nn[nH]n1. The molecular weight excluding hydrogens is 292 g/mol. The van der Waals surface area contributed by atoms with E-state index in [0.29, 0.717) is 17.3 Å². The number of tetrazole rings is 1. The molecule has 1 amide bonds. The Kier molecular flexibility index (Phi) is 3.73. The number of hydrogen-bond donors (Lipinski definition) is 2. The molecule has 0 aliphatic rings. The minimum absolute atomic E-state index is 0.149. The monoisotopic (exact) mass is 304 g/mol. The zero-order valence-corrected chi connectivity index (χ0v) is 11.9. The number of nitrogens with zero attached hydrogens (tertiary/aromatic N) is 4. The Morgan fingerprint density at radius 1 is 1.57 bits per heavy atom. The lowest BCUT2D eigenvalue weighted by molar-refractivity contribution is -0.121. The fourth-order valence-electron chi connectivity index (χ4n) is 1.78. The maximum absolute atomic E-state index is 12.0. The van der Waals surface area contributed by atoms with Crippen LogP contribution in [0.4, 0.5) is 0 Å². The van der Waals surface area contributed by atoms with E-state index in [-0.39, 0.29) is 18.4 Å². The summed E-state index contributed by atoms with van der Waals surface area (Å²) in [6, 6.07) is 3.33. The number of nitrogens with one attached hydrogen (secondary N) is 2.